The number of hydrogen-bond acceptors (Lipinski definition) is 4. The molecule has 0 aromatic heterocycles. The van der Waals surface area contributed by atoms with E-state index in [0.29, 0.717) is 34.8 Å². The molecule has 3 aromatic rings. The standard InChI is InChI=1S/C33H36FN3O3/c1-21-25-10-5-6-11-26(25)31-27(35)12-7-13-29(31)37(32(21)39)33(40)28(19-16-22-8-3-2-4-9-22)36-30(38)20-23-14-17-24(34)18-15-23/h5-7,10-15,17-18,21-22,28H,2-4,8-9,16,19-20,35H2,1H3,(H,36,38)/t21?,28-/m0/s1. The molecule has 2 aliphatic rings. The average Bonchev–Trinajstić information content (AvgIpc) is 3.05. The van der Waals surface area contributed by atoms with E-state index in [1.54, 1.807) is 37.3 Å². The van der Waals surface area contributed by atoms with Crippen molar-refractivity contribution in [2.24, 2.45) is 5.92 Å². The summed E-state index contributed by atoms with van der Waals surface area (Å²) < 4.78 is 13.4. The number of nitrogens with zero attached hydrogens (tertiary/aromatic N) is 1. The molecule has 0 spiro atoms. The van der Waals surface area contributed by atoms with E-state index in [4.69, 9.17) is 5.73 Å². The number of hydrogen-bond donors (Lipinski definition) is 2. The number of fused-ring (bicyclic) bond motifs is 3. The molecule has 0 bridgehead atoms. The van der Waals surface area contributed by atoms with Crippen molar-refractivity contribution in [1.29, 1.82) is 0 Å². The Bertz CT molecular complexity index is 1400. The molecule has 1 fully saturated rings. The van der Waals surface area contributed by atoms with E-state index in [1.807, 2.05) is 24.3 Å². The van der Waals surface area contributed by atoms with E-state index >= 15 is 0 Å². The van der Waals surface area contributed by atoms with Crippen LogP contribution in [0.4, 0.5) is 15.8 Å². The van der Waals surface area contributed by atoms with Gasteiger partial charge >= 0.3 is 0 Å². The first kappa shape index (κ1) is 27.6. The average molecular weight is 542 g/mol. The van der Waals surface area contributed by atoms with Gasteiger partial charge in [0.2, 0.25) is 11.8 Å². The van der Waals surface area contributed by atoms with E-state index < -0.39 is 17.9 Å². The van der Waals surface area contributed by atoms with Crippen molar-refractivity contribution in [3.63, 3.8) is 0 Å². The molecule has 3 N–H and O–H groups in total. The minimum atomic E-state index is -0.887. The summed E-state index contributed by atoms with van der Waals surface area (Å²) in [4.78, 5) is 42.7. The quantitative estimate of drug-likeness (QED) is 0.352. The minimum absolute atomic E-state index is 0.00676. The zero-order valence-electron chi connectivity index (χ0n) is 22.9. The van der Waals surface area contributed by atoms with Crippen molar-refractivity contribution >= 4 is 29.1 Å². The predicted octanol–water partition coefficient (Wildman–Crippen LogP) is 6.14. The summed E-state index contributed by atoms with van der Waals surface area (Å²) in [6, 6.07) is 17.7. The molecule has 40 heavy (non-hydrogen) atoms. The van der Waals surface area contributed by atoms with Gasteiger partial charge in [-0.05, 0) is 66.6 Å². The van der Waals surface area contributed by atoms with Crippen molar-refractivity contribution < 1.29 is 18.8 Å². The van der Waals surface area contributed by atoms with Crippen LogP contribution in [0.15, 0.2) is 66.7 Å². The number of anilines is 2. The first-order chi connectivity index (χ1) is 19.3. The Labute approximate surface area is 234 Å². The lowest BCUT2D eigenvalue weighted by atomic mass is 9.85. The second kappa shape index (κ2) is 12.0. The molecule has 1 saturated carbocycles. The molecule has 3 amide bonds. The van der Waals surface area contributed by atoms with Gasteiger partial charge in [0.25, 0.3) is 5.91 Å². The number of nitrogens with two attached hydrogens (primary N) is 1. The zero-order valence-corrected chi connectivity index (χ0v) is 22.9. The summed E-state index contributed by atoms with van der Waals surface area (Å²) in [5, 5.41) is 2.93. The number of imide groups is 1. The molecule has 6 nitrogen and oxygen atoms in total. The second-order valence-corrected chi connectivity index (χ2v) is 11.1. The molecule has 0 radical (unpaired) electrons. The highest BCUT2D eigenvalue weighted by Crippen LogP contribution is 2.44. The van der Waals surface area contributed by atoms with E-state index in [1.165, 1.54) is 36.3 Å². The first-order valence-corrected chi connectivity index (χ1v) is 14.2. The van der Waals surface area contributed by atoms with Gasteiger partial charge in [0.15, 0.2) is 0 Å². The Morgan fingerprint density at radius 1 is 1.00 bits per heavy atom. The molecule has 3 aromatic carbocycles. The number of nitrogen functional groups attached to an aromatic ring is 1. The van der Waals surface area contributed by atoms with Gasteiger partial charge in [-0.3, -0.25) is 14.4 Å². The van der Waals surface area contributed by atoms with Crippen molar-refractivity contribution in [3.8, 4) is 11.1 Å². The SMILES string of the molecule is CC1C(=O)N(C(=O)[C@H](CCC2CCCCC2)NC(=O)Cc2ccc(F)cc2)c2cccc(N)c2-c2ccccc21. The molecule has 5 rings (SSSR count). The molecule has 1 aliphatic carbocycles. The van der Waals surface area contributed by atoms with E-state index in [0.717, 1.165) is 30.4 Å². The Balaban J connectivity index is 1.47. The van der Waals surface area contributed by atoms with Crippen LogP contribution in [0.1, 0.15) is 68.9 Å². The summed E-state index contributed by atoms with van der Waals surface area (Å²) in [5.74, 6) is -1.63. The molecular weight excluding hydrogens is 505 g/mol. The van der Waals surface area contributed by atoms with Gasteiger partial charge in [0, 0.05) is 11.3 Å². The van der Waals surface area contributed by atoms with Gasteiger partial charge in [-0.15, -0.1) is 0 Å². The number of carbonyl (C=O) groups is 3. The Morgan fingerprint density at radius 2 is 1.73 bits per heavy atom. The summed E-state index contributed by atoms with van der Waals surface area (Å²) in [6.45, 7) is 1.80. The zero-order chi connectivity index (χ0) is 28.2. The molecule has 208 valence electrons. The largest absolute Gasteiger partial charge is 0.398 e. The fraction of sp³-hybridized carbons (Fsp3) is 0.364. The summed E-state index contributed by atoms with van der Waals surface area (Å²) in [7, 11) is 0. The fourth-order valence-electron chi connectivity index (χ4n) is 6.14. The maximum Gasteiger partial charge on any atom is 0.256 e. The molecular formula is C33H36FN3O3. The minimum Gasteiger partial charge on any atom is -0.398 e. The number of nitrogens with one attached hydrogen (secondary N) is 1. The van der Waals surface area contributed by atoms with Crippen LogP contribution in [0, 0.1) is 11.7 Å². The highest BCUT2D eigenvalue weighted by atomic mass is 19.1. The summed E-state index contributed by atoms with van der Waals surface area (Å²) in [5.41, 5.74) is 10.3. The highest BCUT2D eigenvalue weighted by Gasteiger charge is 2.39. The van der Waals surface area contributed by atoms with Gasteiger partial charge in [-0.25, -0.2) is 9.29 Å². The van der Waals surface area contributed by atoms with Crippen molar-refractivity contribution in [2.45, 2.75) is 70.3 Å². The van der Waals surface area contributed by atoms with Gasteiger partial charge in [0.05, 0.1) is 18.0 Å². The van der Waals surface area contributed by atoms with Crippen LogP contribution in [0.2, 0.25) is 0 Å². The maximum absolute atomic E-state index is 14.3. The Kier molecular flexibility index (Phi) is 8.29. The lowest BCUT2D eigenvalue weighted by Gasteiger charge is -2.30. The van der Waals surface area contributed by atoms with Crippen molar-refractivity contribution in [1.82, 2.24) is 5.32 Å². The van der Waals surface area contributed by atoms with Crippen LogP contribution in [-0.2, 0) is 20.8 Å². The number of benzene rings is 3. The highest BCUT2D eigenvalue weighted by molar-refractivity contribution is 6.22. The first-order valence-electron chi connectivity index (χ1n) is 14.2. The molecule has 1 unspecified atom stereocenters. The van der Waals surface area contributed by atoms with Crippen molar-refractivity contribution in [3.05, 3.63) is 83.7 Å². The molecule has 7 heteroatoms. The molecule has 0 saturated heterocycles. The van der Waals surface area contributed by atoms with Crippen LogP contribution >= 0.6 is 0 Å². The Morgan fingerprint density at radius 3 is 2.48 bits per heavy atom. The third kappa shape index (κ3) is 5.79. The molecule has 1 aliphatic heterocycles. The third-order valence-corrected chi connectivity index (χ3v) is 8.32. The lowest BCUT2D eigenvalue weighted by Crippen LogP contribution is -2.52. The van der Waals surface area contributed by atoms with Gasteiger partial charge < -0.3 is 11.1 Å². The van der Waals surface area contributed by atoms with Crippen LogP contribution in [0.25, 0.3) is 11.1 Å². The number of amides is 3. The monoisotopic (exact) mass is 541 g/mol. The van der Waals surface area contributed by atoms with Crippen LogP contribution in [0.3, 0.4) is 0 Å². The van der Waals surface area contributed by atoms with Gasteiger partial charge in [0.1, 0.15) is 11.9 Å². The van der Waals surface area contributed by atoms with Crippen molar-refractivity contribution in [2.75, 3.05) is 10.6 Å². The topological polar surface area (TPSA) is 92.5 Å². The smallest absolute Gasteiger partial charge is 0.256 e. The predicted molar refractivity (Wildman–Crippen MR) is 155 cm³/mol. The second-order valence-electron chi connectivity index (χ2n) is 11.1. The van der Waals surface area contributed by atoms with Gasteiger partial charge in [-0.1, -0.05) is 74.6 Å². The van der Waals surface area contributed by atoms with Crippen LogP contribution in [0.5, 0.6) is 0 Å². The summed E-state index contributed by atoms with van der Waals surface area (Å²) >= 11 is 0. The van der Waals surface area contributed by atoms with Crippen LogP contribution < -0.4 is 16.0 Å². The lowest BCUT2D eigenvalue weighted by molar-refractivity contribution is -0.131. The third-order valence-electron chi connectivity index (χ3n) is 8.32. The van der Waals surface area contributed by atoms with E-state index in [2.05, 4.69) is 5.32 Å². The van der Waals surface area contributed by atoms with Gasteiger partial charge in [-0.2, -0.15) is 0 Å². The maximum atomic E-state index is 14.3. The van der Waals surface area contributed by atoms with E-state index in [9.17, 15) is 18.8 Å². The fourth-order valence-corrected chi connectivity index (χ4v) is 6.14. The number of halogens is 1. The van der Waals surface area contributed by atoms with Crippen LogP contribution in [-0.4, -0.2) is 23.8 Å². The number of rotatable bonds is 7. The molecule has 1 heterocycles. The summed E-state index contributed by atoms with van der Waals surface area (Å²) in [6.07, 6.45) is 7.02. The molecule has 2 atom stereocenters. The van der Waals surface area contributed by atoms with E-state index in [-0.39, 0.29) is 24.1 Å². The number of carbonyl (C=O) groups excluding carboxylic acids is 3. The normalized spacial score (nSPS) is 17.9. The Hall–Kier alpha value is -4.00.